The SMILES string of the molecule is COCc1[nH]c(Cc2ccc(C=CC(=O)NO)cc2)nc1-c1ccccc1. The van der Waals surface area contributed by atoms with Crippen molar-refractivity contribution in [3.8, 4) is 11.3 Å². The third-order valence-corrected chi connectivity index (χ3v) is 4.05. The Hall–Kier alpha value is -3.22. The van der Waals surface area contributed by atoms with Gasteiger partial charge in [0.1, 0.15) is 5.82 Å². The number of hydrogen-bond acceptors (Lipinski definition) is 4. The lowest BCUT2D eigenvalue weighted by Gasteiger charge is -2.00. The van der Waals surface area contributed by atoms with E-state index in [4.69, 9.17) is 14.9 Å². The van der Waals surface area contributed by atoms with Crippen LogP contribution in [0.3, 0.4) is 0 Å². The average molecular weight is 363 g/mol. The Morgan fingerprint density at radius 3 is 2.59 bits per heavy atom. The number of rotatable bonds is 7. The van der Waals surface area contributed by atoms with Crippen LogP contribution in [0.1, 0.15) is 22.6 Å². The van der Waals surface area contributed by atoms with Crippen LogP contribution in [0.2, 0.25) is 0 Å². The van der Waals surface area contributed by atoms with E-state index in [1.165, 1.54) is 6.08 Å². The van der Waals surface area contributed by atoms with Gasteiger partial charge in [0.15, 0.2) is 0 Å². The number of aromatic nitrogens is 2. The van der Waals surface area contributed by atoms with Crippen molar-refractivity contribution < 1.29 is 14.7 Å². The molecule has 0 saturated carbocycles. The third kappa shape index (κ3) is 4.91. The molecule has 0 atom stereocenters. The van der Waals surface area contributed by atoms with Crippen molar-refractivity contribution in [2.75, 3.05) is 7.11 Å². The van der Waals surface area contributed by atoms with E-state index >= 15 is 0 Å². The van der Waals surface area contributed by atoms with Gasteiger partial charge in [-0.1, -0.05) is 54.6 Å². The number of H-pyrrole nitrogens is 1. The summed E-state index contributed by atoms with van der Waals surface area (Å²) in [4.78, 5) is 19.1. The summed E-state index contributed by atoms with van der Waals surface area (Å²) in [6, 6.07) is 17.8. The maximum absolute atomic E-state index is 11.0. The normalized spacial score (nSPS) is 11.0. The number of nitrogens with zero attached hydrogens (tertiary/aromatic N) is 1. The highest BCUT2D eigenvalue weighted by atomic mass is 16.5. The second-order valence-electron chi connectivity index (χ2n) is 6.04. The van der Waals surface area contributed by atoms with Crippen molar-refractivity contribution >= 4 is 12.0 Å². The fourth-order valence-electron chi connectivity index (χ4n) is 2.78. The van der Waals surface area contributed by atoms with E-state index in [9.17, 15) is 4.79 Å². The molecule has 0 aliphatic rings. The maximum atomic E-state index is 11.0. The number of carbonyl (C=O) groups is 1. The minimum Gasteiger partial charge on any atom is -0.378 e. The molecule has 0 unspecified atom stereocenters. The van der Waals surface area contributed by atoms with E-state index in [0.717, 1.165) is 33.9 Å². The molecule has 0 aliphatic carbocycles. The summed E-state index contributed by atoms with van der Waals surface area (Å²) in [6.45, 7) is 0.466. The largest absolute Gasteiger partial charge is 0.378 e. The van der Waals surface area contributed by atoms with Gasteiger partial charge < -0.3 is 9.72 Å². The van der Waals surface area contributed by atoms with E-state index in [1.807, 2.05) is 54.6 Å². The van der Waals surface area contributed by atoms with E-state index < -0.39 is 5.91 Å². The summed E-state index contributed by atoms with van der Waals surface area (Å²) in [5.41, 5.74) is 6.43. The quantitative estimate of drug-likeness (QED) is 0.341. The number of methoxy groups -OCH3 is 1. The molecule has 0 fully saturated rings. The number of ether oxygens (including phenoxy) is 1. The van der Waals surface area contributed by atoms with Gasteiger partial charge in [-0.2, -0.15) is 0 Å². The van der Waals surface area contributed by atoms with Crippen molar-refractivity contribution in [2.24, 2.45) is 0 Å². The summed E-state index contributed by atoms with van der Waals surface area (Å²) in [5, 5.41) is 8.50. The summed E-state index contributed by atoms with van der Waals surface area (Å²) < 4.78 is 5.30. The number of benzene rings is 2. The first-order chi connectivity index (χ1) is 13.2. The molecule has 6 nitrogen and oxygen atoms in total. The number of nitrogens with one attached hydrogen (secondary N) is 2. The van der Waals surface area contributed by atoms with Gasteiger partial charge in [-0.05, 0) is 17.2 Å². The Bertz CT molecular complexity index is 916. The minimum atomic E-state index is -0.561. The Morgan fingerprint density at radius 2 is 1.93 bits per heavy atom. The van der Waals surface area contributed by atoms with Crippen molar-refractivity contribution in [1.29, 1.82) is 0 Å². The van der Waals surface area contributed by atoms with Crippen LogP contribution in [0, 0.1) is 0 Å². The fraction of sp³-hybridized carbons (Fsp3) is 0.143. The molecule has 27 heavy (non-hydrogen) atoms. The van der Waals surface area contributed by atoms with Crippen LogP contribution < -0.4 is 5.48 Å². The lowest BCUT2D eigenvalue weighted by Crippen LogP contribution is -2.14. The zero-order valence-electron chi connectivity index (χ0n) is 15.0. The number of carbonyl (C=O) groups excluding carboxylic acids is 1. The monoisotopic (exact) mass is 363 g/mol. The van der Waals surface area contributed by atoms with Gasteiger partial charge in [-0.3, -0.25) is 10.0 Å². The Labute approximate surface area is 157 Å². The Balaban J connectivity index is 1.77. The van der Waals surface area contributed by atoms with Gasteiger partial charge in [-0.25, -0.2) is 10.5 Å². The molecule has 1 aromatic heterocycles. The highest BCUT2D eigenvalue weighted by Gasteiger charge is 2.12. The first kappa shape index (κ1) is 18.6. The molecule has 138 valence electrons. The highest BCUT2D eigenvalue weighted by molar-refractivity contribution is 5.90. The van der Waals surface area contributed by atoms with Crippen LogP contribution in [-0.2, 0) is 22.6 Å². The van der Waals surface area contributed by atoms with E-state index in [0.29, 0.717) is 13.0 Å². The molecular weight excluding hydrogens is 342 g/mol. The van der Waals surface area contributed by atoms with Crippen LogP contribution in [0.4, 0.5) is 0 Å². The predicted molar refractivity (Wildman–Crippen MR) is 103 cm³/mol. The molecule has 0 spiro atoms. The third-order valence-electron chi connectivity index (χ3n) is 4.05. The predicted octanol–water partition coefficient (Wildman–Crippen LogP) is 3.33. The minimum absolute atomic E-state index is 0.466. The summed E-state index contributed by atoms with van der Waals surface area (Å²) in [5.74, 6) is 0.303. The van der Waals surface area contributed by atoms with Gasteiger partial charge in [-0.15, -0.1) is 0 Å². The first-order valence-electron chi connectivity index (χ1n) is 8.53. The van der Waals surface area contributed by atoms with Crippen LogP contribution in [0.15, 0.2) is 60.7 Å². The first-order valence-corrected chi connectivity index (χ1v) is 8.53. The van der Waals surface area contributed by atoms with Crippen LogP contribution in [-0.4, -0.2) is 28.2 Å². The molecule has 1 heterocycles. The molecule has 1 amide bonds. The topological polar surface area (TPSA) is 87.2 Å². The van der Waals surface area contributed by atoms with Crippen molar-refractivity contribution in [2.45, 2.75) is 13.0 Å². The molecule has 0 aliphatic heterocycles. The van der Waals surface area contributed by atoms with E-state index in [2.05, 4.69) is 4.98 Å². The number of imidazole rings is 1. The smallest absolute Gasteiger partial charge is 0.267 e. The molecule has 0 saturated heterocycles. The van der Waals surface area contributed by atoms with Gasteiger partial charge in [0.2, 0.25) is 0 Å². The van der Waals surface area contributed by atoms with Crippen LogP contribution in [0.25, 0.3) is 17.3 Å². The van der Waals surface area contributed by atoms with Gasteiger partial charge in [0.25, 0.3) is 5.91 Å². The van der Waals surface area contributed by atoms with Crippen LogP contribution >= 0.6 is 0 Å². The second kappa shape index (κ2) is 8.93. The summed E-state index contributed by atoms with van der Waals surface area (Å²) >= 11 is 0. The molecule has 2 aromatic carbocycles. The molecule has 3 aromatic rings. The average Bonchev–Trinajstić information content (AvgIpc) is 3.10. The lowest BCUT2D eigenvalue weighted by molar-refractivity contribution is -0.124. The Kier molecular flexibility index (Phi) is 6.14. The number of amides is 1. The molecule has 0 radical (unpaired) electrons. The molecule has 3 N–H and O–H groups in total. The Morgan fingerprint density at radius 1 is 1.19 bits per heavy atom. The molecular formula is C21H21N3O3. The van der Waals surface area contributed by atoms with Crippen molar-refractivity contribution in [1.82, 2.24) is 15.4 Å². The highest BCUT2D eigenvalue weighted by Crippen LogP contribution is 2.23. The second-order valence-corrected chi connectivity index (χ2v) is 6.04. The van der Waals surface area contributed by atoms with Crippen LogP contribution in [0.5, 0.6) is 0 Å². The number of hydroxylamine groups is 1. The number of aromatic amines is 1. The van der Waals surface area contributed by atoms with Crippen molar-refractivity contribution in [3.63, 3.8) is 0 Å². The summed E-state index contributed by atoms with van der Waals surface area (Å²) in [7, 11) is 1.67. The molecule has 6 heteroatoms. The molecule has 0 bridgehead atoms. The van der Waals surface area contributed by atoms with Gasteiger partial charge in [0, 0.05) is 25.2 Å². The fourth-order valence-corrected chi connectivity index (χ4v) is 2.78. The van der Waals surface area contributed by atoms with Crippen molar-refractivity contribution in [3.05, 3.63) is 83.3 Å². The zero-order chi connectivity index (χ0) is 19.1. The van der Waals surface area contributed by atoms with E-state index in [-0.39, 0.29) is 0 Å². The standard InChI is InChI=1S/C21H21N3O3/c1-27-14-18-21(17-5-3-2-4-6-17)23-19(22-18)13-16-9-7-15(8-10-16)11-12-20(25)24-26/h2-12,26H,13-14H2,1H3,(H,22,23)(H,24,25). The summed E-state index contributed by atoms with van der Waals surface area (Å²) in [6.07, 6.45) is 3.56. The number of hydrogen-bond donors (Lipinski definition) is 3. The maximum Gasteiger partial charge on any atom is 0.267 e. The lowest BCUT2D eigenvalue weighted by atomic mass is 10.1. The van der Waals surface area contributed by atoms with Gasteiger partial charge in [0.05, 0.1) is 18.0 Å². The van der Waals surface area contributed by atoms with Gasteiger partial charge >= 0.3 is 0 Å². The molecule has 3 rings (SSSR count). The zero-order valence-corrected chi connectivity index (χ0v) is 15.0. The van der Waals surface area contributed by atoms with E-state index in [1.54, 1.807) is 18.7 Å².